The molecule has 8 aromatic heterocycles. The van der Waals surface area contributed by atoms with E-state index in [0.29, 0.717) is 11.9 Å². The number of fused-ring (bicyclic) bond motifs is 24. The summed E-state index contributed by atoms with van der Waals surface area (Å²) in [5.41, 5.74) is 18.5. The van der Waals surface area contributed by atoms with Crippen LogP contribution in [0.4, 0.5) is 0 Å². The van der Waals surface area contributed by atoms with E-state index in [9.17, 15) is 0 Å². The van der Waals surface area contributed by atoms with Crippen LogP contribution in [-0.4, -0.2) is 39.0 Å². The van der Waals surface area contributed by atoms with Crippen molar-refractivity contribution >= 4 is 163 Å². The summed E-state index contributed by atoms with van der Waals surface area (Å²) in [6.07, 6.45) is 1.83. The number of hydrogen-bond acceptors (Lipinski definition) is 8. The highest BCUT2D eigenvalue weighted by molar-refractivity contribution is 6.31. The maximum absolute atomic E-state index is 6.35. The van der Waals surface area contributed by atoms with Gasteiger partial charge in [0.05, 0.1) is 50.2 Å². The Morgan fingerprint density at radius 1 is 0.240 bits per heavy atom. The van der Waals surface area contributed by atoms with Gasteiger partial charge in [-0.25, -0.2) is 29.9 Å². The van der Waals surface area contributed by atoms with E-state index in [0.717, 1.165) is 165 Å². The summed E-state index contributed by atoms with van der Waals surface area (Å²) in [5, 5.41) is 21.5. The quantitative estimate of drug-likeness (QED) is 0.151. The predicted octanol–water partition coefficient (Wildman–Crippen LogP) is 24.5. The fourth-order valence-corrected chi connectivity index (χ4v) is 16.5. The second kappa shape index (κ2) is 22.7. The summed E-state index contributed by atoms with van der Waals surface area (Å²) in [6.45, 7) is 0. The van der Waals surface area contributed by atoms with E-state index in [4.69, 9.17) is 38.7 Å². The molecule has 0 spiro atoms. The molecular weight excluding hydrogens is 1270 g/mol. The molecule has 23 rings (SSSR count). The Labute approximate surface area is 592 Å². The monoisotopic (exact) mass is 1330 g/mol. The minimum absolute atomic E-state index is 0.583. The van der Waals surface area contributed by atoms with Crippen molar-refractivity contribution in [1.29, 1.82) is 0 Å². The van der Waals surface area contributed by atoms with Crippen LogP contribution in [0.2, 0.25) is 0 Å². The molecule has 0 aliphatic rings. The third-order valence-corrected chi connectivity index (χ3v) is 21.0. The molecule has 0 fully saturated rings. The largest absolute Gasteiger partial charge is 0.456 e. The maximum atomic E-state index is 6.35. The van der Waals surface area contributed by atoms with Gasteiger partial charge in [0.2, 0.25) is 11.9 Å². The highest BCUT2D eigenvalue weighted by Crippen LogP contribution is 2.48. The zero-order chi connectivity index (χ0) is 68.1. The molecule has 0 N–H and O–H groups in total. The van der Waals surface area contributed by atoms with Gasteiger partial charge in [-0.1, -0.05) is 237 Å². The smallest absolute Gasteiger partial charge is 0.237 e. The van der Waals surface area contributed by atoms with Crippen molar-refractivity contribution in [2.24, 2.45) is 0 Å². The van der Waals surface area contributed by atoms with E-state index < -0.39 is 0 Å². The number of furan rings is 2. The molecule has 0 unspecified atom stereocenters. The van der Waals surface area contributed by atoms with E-state index in [-0.39, 0.29) is 0 Å². The molecule has 0 saturated carbocycles. The molecule has 0 aliphatic heterocycles. The molecule has 0 atom stereocenters. The zero-order valence-electron chi connectivity index (χ0n) is 55.6. The van der Waals surface area contributed by atoms with Gasteiger partial charge in [0.1, 0.15) is 28.0 Å². The lowest BCUT2D eigenvalue weighted by Gasteiger charge is -2.16. The Morgan fingerprint density at radius 2 is 0.721 bits per heavy atom. The van der Waals surface area contributed by atoms with E-state index in [1.807, 2.05) is 79.0 Å². The van der Waals surface area contributed by atoms with E-state index in [1.165, 1.54) is 43.4 Å². The van der Waals surface area contributed by atoms with Crippen molar-refractivity contribution in [3.05, 3.63) is 328 Å². The first-order chi connectivity index (χ1) is 51.6. The molecule has 0 aliphatic carbocycles. The molecule has 23 aromatic rings. The molecule has 15 aromatic carbocycles. The van der Waals surface area contributed by atoms with E-state index in [1.54, 1.807) is 0 Å². The summed E-state index contributed by atoms with van der Waals surface area (Å²) in [6, 6.07) is 113. The van der Waals surface area contributed by atoms with Gasteiger partial charge in [-0.15, -0.1) is 0 Å². The number of para-hydroxylation sites is 5. The normalized spacial score (nSPS) is 12.0. The molecule has 0 bridgehead atoms. The minimum atomic E-state index is 0.583. The SMILES string of the molecule is c1ccc(-c2nc(-n3c4ccc(-c5nc6ccc7oc8ccccc8c7c6c6ccccc56)cc4c4cccnc43)nc3ccccc23)cc1.c1ccc(-c2nc(-n3c4ccccc4c4cc(-c5cc6ccc7oc8ccccc8c7c6c6ccccc56)c5ccccc5c43)nc3ccccc23)cc1. The molecule has 8 heterocycles. The Morgan fingerprint density at radius 3 is 1.38 bits per heavy atom. The summed E-state index contributed by atoms with van der Waals surface area (Å²) in [4.78, 5) is 31.1. The number of benzene rings is 15. The van der Waals surface area contributed by atoms with Crippen LogP contribution < -0.4 is 0 Å². The van der Waals surface area contributed by atoms with Crippen molar-refractivity contribution < 1.29 is 8.83 Å². The van der Waals surface area contributed by atoms with Crippen LogP contribution in [0.5, 0.6) is 0 Å². The number of rotatable bonds is 6. The third kappa shape index (κ3) is 8.69. The van der Waals surface area contributed by atoms with Crippen LogP contribution >= 0.6 is 0 Å². The average molecular weight is 1330 g/mol. The summed E-state index contributed by atoms with van der Waals surface area (Å²) in [7, 11) is 0. The van der Waals surface area contributed by atoms with Gasteiger partial charge in [-0.05, 0) is 123 Å². The first-order valence-corrected chi connectivity index (χ1v) is 35.0. The van der Waals surface area contributed by atoms with Gasteiger partial charge in [0, 0.05) is 98.3 Å². The Kier molecular flexibility index (Phi) is 12.6. The molecule has 104 heavy (non-hydrogen) atoms. The summed E-state index contributed by atoms with van der Waals surface area (Å²) < 4.78 is 17.0. The van der Waals surface area contributed by atoms with Crippen molar-refractivity contribution in [3.63, 3.8) is 0 Å². The predicted molar refractivity (Wildman–Crippen MR) is 427 cm³/mol. The maximum Gasteiger partial charge on any atom is 0.237 e. The first kappa shape index (κ1) is 57.7. The third-order valence-electron chi connectivity index (χ3n) is 21.0. The van der Waals surface area contributed by atoms with E-state index >= 15 is 0 Å². The molecule has 10 heteroatoms. The van der Waals surface area contributed by atoms with Gasteiger partial charge in [0.15, 0.2) is 0 Å². The molecule has 0 radical (unpaired) electrons. The molecular formula is C94H54N8O2. The number of hydrogen-bond donors (Lipinski definition) is 0. The fourth-order valence-electron chi connectivity index (χ4n) is 16.5. The molecule has 0 amide bonds. The van der Waals surface area contributed by atoms with Gasteiger partial charge < -0.3 is 8.83 Å². The second-order valence-corrected chi connectivity index (χ2v) is 26.7. The van der Waals surface area contributed by atoms with Gasteiger partial charge in [0.25, 0.3) is 0 Å². The number of nitrogens with zero attached hydrogens (tertiary/aromatic N) is 8. The first-order valence-electron chi connectivity index (χ1n) is 35.0. The van der Waals surface area contributed by atoms with Crippen molar-refractivity contribution in [3.8, 4) is 56.8 Å². The van der Waals surface area contributed by atoms with Crippen LogP contribution in [0.15, 0.2) is 337 Å². The topological polar surface area (TPSA) is 113 Å². The Balaban J connectivity index is 0.000000131. The van der Waals surface area contributed by atoms with Crippen LogP contribution in [0.1, 0.15) is 0 Å². The number of pyridine rings is 2. The highest BCUT2D eigenvalue weighted by Gasteiger charge is 2.26. The fraction of sp³-hybridized carbons (Fsp3) is 0. The van der Waals surface area contributed by atoms with Crippen molar-refractivity contribution in [2.45, 2.75) is 0 Å². The van der Waals surface area contributed by atoms with Gasteiger partial charge >= 0.3 is 0 Å². The van der Waals surface area contributed by atoms with Crippen molar-refractivity contribution in [1.82, 2.24) is 39.0 Å². The van der Waals surface area contributed by atoms with E-state index in [2.05, 4.69) is 258 Å². The lowest BCUT2D eigenvalue weighted by Crippen LogP contribution is -2.04. The van der Waals surface area contributed by atoms with Gasteiger partial charge in [-0.2, -0.15) is 0 Å². The molecule has 10 nitrogen and oxygen atoms in total. The minimum Gasteiger partial charge on any atom is -0.456 e. The second-order valence-electron chi connectivity index (χ2n) is 26.7. The van der Waals surface area contributed by atoms with Crippen LogP contribution in [0, 0.1) is 0 Å². The highest BCUT2D eigenvalue weighted by atomic mass is 16.3. The lowest BCUT2D eigenvalue weighted by atomic mass is 9.88. The lowest BCUT2D eigenvalue weighted by molar-refractivity contribution is 0.669. The zero-order valence-corrected chi connectivity index (χ0v) is 55.6. The Hall–Kier alpha value is -14.2. The van der Waals surface area contributed by atoms with Gasteiger partial charge in [-0.3, -0.25) is 9.13 Å². The average Bonchev–Trinajstić information content (AvgIpc) is 1.47. The summed E-state index contributed by atoms with van der Waals surface area (Å²) in [5.74, 6) is 1.24. The van der Waals surface area contributed by atoms with Crippen molar-refractivity contribution in [2.75, 3.05) is 0 Å². The van der Waals surface area contributed by atoms with Crippen LogP contribution in [0.3, 0.4) is 0 Å². The summed E-state index contributed by atoms with van der Waals surface area (Å²) >= 11 is 0. The van der Waals surface area contributed by atoms with Crippen LogP contribution in [-0.2, 0) is 0 Å². The number of aromatic nitrogens is 8. The molecule has 0 saturated heterocycles. The van der Waals surface area contributed by atoms with Crippen LogP contribution in [0.25, 0.3) is 220 Å². The standard InChI is InChI=1S/C50H29N3O.C44H25N5O/c1-2-14-30(15-3-1)48-37-21-8-11-23-42(37)51-50(52-48)53-43-24-12-9-18-34(43)41-29-40(33-17-5-7-20-36(33)49(41)53)39-28-31-26-27-45-47(38-22-10-13-25-44(38)54-45)46(31)35-19-6-4-16-32(35)39;1-2-11-26(12-3-1)41-31-15-6-8-18-34(31)47-44(48-41)49-36-22-20-27(25-33(36)30-17-10-24-45-43(30)49)42-29-14-5-4-13-28(29)39-35(46-42)21-23-38-40(39)32-16-7-9-19-37(32)50-38/h1-29H;1-25H. The molecule has 482 valence electrons. The Bertz CT molecular complexity index is 7560.